The Morgan fingerprint density at radius 1 is 1.20 bits per heavy atom. The third kappa shape index (κ3) is 3.98. The van der Waals surface area contributed by atoms with Crippen molar-refractivity contribution in [1.82, 2.24) is 5.32 Å². The quantitative estimate of drug-likeness (QED) is 0.886. The average Bonchev–Trinajstić information content (AvgIpc) is 2.46. The topological polar surface area (TPSA) is 75.6 Å². The molecule has 1 aromatic rings. The van der Waals surface area contributed by atoms with E-state index >= 15 is 0 Å². The van der Waals surface area contributed by atoms with Gasteiger partial charge in [0, 0.05) is 6.54 Å². The molecule has 2 rings (SSSR count). The summed E-state index contributed by atoms with van der Waals surface area (Å²) < 4.78 is 5.07. The molecule has 1 amide bonds. The van der Waals surface area contributed by atoms with Crippen LogP contribution in [-0.4, -0.2) is 23.7 Å². The van der Waals surface area contributed by atoms with Crippen molar-refractivity contribution < 1.29 is 19.4 Å². The zero-order valence-corrected chi connectivity index (χ0v) is 11.3. The molecule has 20 heavy (non-hydrogen) atoms. The number of carboxylic acid groups (broad SMARTS) is 1. The Labute approximate surface area is 117 Å². The van der Waals surface area contributed by atoms with Gasteiger partial charge in [-0.1, -0.05) is 31.4 Å². The van der Waals surface area contributed by atoms with E-state index in [2.05, 4.69) is 5.32 Å². The van der Waals surface area contributed by atoms with Crippen molar-refractivity contribution >= 4 is 12.1 Å². The van der Waals surface area contributed by atoms with E-state index in [1.54, 1.807) is 12.1 Å². The van der Waals surface area contributed by atoms with Crippen molar-refractivity contribution in [3.05, 3.63) is 29.8 Å². The number of benzene rings is 1. The summed E-state index contributed by atoms with van der Waals surface area (Å²) in [6.45, 7) is 0.591. The average molecular weight is 277 g/mol. The van der Waals surface area contributed by atoms with Crippen molar-refractivity contribution in [2.24, 2.45) is 5.92 Å². The fourth-order valence-corrected chi connectivity index (χ4v) is 2.49. The molecule has 0 atom stereocenters. The van der Waals surface area contributed by atoms with Crippen molar-refractivity contribution in [2.45, 2.75) is 32.1 Å². The van der Waals surface area contributed by atoms with Crippen molar-refractivity contribution in [1.29, 1.82) is 0 Å². The van der Waals surface area contributed by atoms with Crippen LogP contribution < -0.4 is 10.1 Å². The number of hydrogen-bond acceptors (Lipinski definition) is 3. The van der Waals surface area contributed by atoms with E-state index in [-0.39, 0.29) is 11.3 Å². The summed E-state index contributed by atoms with van der Waals surface area (Å²) in [5, 5.41) is 11.7. The number of carboxylic acids is 1. The number of amides is 1. The van der Waals surface area contributed by atoms with Gasteiger partial charge in [-0.3, -0.25) is 0 Å². The first kappa shape index (κ1) is 14.4. The summed E-state index contributed by atoms with van der Waals surface area (Å²) in [4.78, 5) is 22.7. The summed E-state index contributed by atoms with van der Waals surface area (Å²) >= 11 is 0. The van der Waals surface area contributed by atoms with Gasteiger partial charge in [-0.25, -0.2) is 9.59 Å². The molecule has 0 radical (unpaired) electrons. The number of nitrogens with one attached hydrogen (secondary N) is 1. The van der Waals surface area contributed by atoms with Gasteiger partial charge >= 0.3 is 12.1 Å². The fourth-order valence-electron chi connectivity index (χ4n) is 2.49. The predicted molar refractivity (Wildman–Crippen MR) is 74.0 cm³/mol. The molecule has 0 spiro atoms. The number of carbonyl (C=O) groups is 2. The summed E-state index contributed by atoms with van der Waals surface area (Å²) in [6, 6.07) is 6.11. The summed E-state index contributed by atoms with van der Waals surface area (Å²) in [7, 11) is 0. The van der Waals surface area contributed by atoms with Gasteiger partial charge < -0.3 is 15.2 Å². The van der Waals surface area contributed by atoms with Gasteiger partial charge in [-0.15, -0.1) is 0 Å². The molecule has 0 unspecified atom stereocenters. The van der Waals surface area contributed by atoms with E-state index in [0.29, 0.717) is 12.5 Å². The standard InChI is InChI=1S/C15H19NO4/c17-14(18)12-8-4-5-9-13(12)20-15(19)16-10-11-6-2-1-3-7-11/h4-5,8-9,11H,1-3,6-7,10H2,(H,16,19)(H,17,18). The van der Waals surface area contributed by atoms with Crippen LogP contribution in [0.15, 0.2) is 24.3 Å². The Morgan fingerprint density at radius 2 is 1.90 bits per heavy atom. The minimum absolute atomic E-state index is 0.0136. The Morgan fingerprint density at radius 3 is 2.60 bits per heavy atom. The van der Waals surface area contributed by atoms with Gasteiger partial charge in [0.25, 0.3) is 0 Å². The second-order valence-corrected chi connectivity index (χ2v) is 5.08. The van der Waals surface area contributed by atoms with Crippen LogP contribution in [0.25, 0.3) is 0 Å². The van der Waals surface area contributed by atoms with Crippen LogP contribution in [0.1, 0.15) is 42.5 Å². The van der Waals surface area contributed by atoms with Gasteiger partial charge in [-0.05, 0) is 30.9 Å². The Balaban J connectivity index is 1.86. The SMILES string of the molecule is O=C(NCC1CCCCC1)Oc1ccccc1C(=O)O. The van der Waals surface area contributed by atoms with Gasteiger partial charge in [0.1, 0.15) is 11.3 Å². The first-order valence-electron chi connectivity index (χ1n) is 6.95. The molecule has 1 aromatic carbocycles. The smallest absolute Gasteiger partial charge is 0.412 e. The van der Waals surface area contributed by atoms with E-state index < -0.39 is 12.1 Å². The largest absolute Gasteiger partial charge is 0.478 e. The van der Waals surface area contributed by atoms with Crippen LogP contribution in [0, 0.1) is 5.92 Å². The maximum absolute atomic E-state index is 11.7. The Kier molecular flexibility index (Phi) is 4.98. The second-order valence-electron chi connectivity index (χ2n) is 5.08. The Bertz CT molecular complexity index is 481. The molecule has 1 aliphatic carbocycles. The molecule has 0 saturated heterocycles. The fraction of sp³-hybridized carbons (Fsp3) is 0.467. The highest BCUT2D eigenvalue weighted by atomic mass is 16.6. The molecule has 0 aromatic heterocycles. The number of ether oxygens (including phenoxy) is 1. The van der Waals surface area contributed by atoms with Crippen LogP contribution in [0.3, 0.4) is 0 Å². The molecule has 108 valence electrons. The van der Waals surface area contributed by atoms with Gasteiger partial charge in [0.15, 0.2) is 0 Å². The first-order valence-corrected chi connectivity index (χ1v) is 6.95. The summed E-state index contributed by atoms with van der Waals surface area (Å²) in [5.74, 6) is -0.534. The maximum Gasteiger partial charge on any atom is 0.412 e. The molecule has 5 heteroatoms. The highest BCUT2D eigenvalue weighted by Crippen LogP contribution is 2.23. The van der Waals surface area contributed by atoms with E-state index in [4.69, 9.17) is 9.84 Å². The number of aromatic carboxylic acids is 1. The van der Waals surface area contributed by atoms with E-state index in [9.17, 15) is 9.59 Å². The summed E-state index contributed by atoms with van der Waals surface area (Å²) in [6.07, 6.45) is 5.36. The van der Waals surface area contributed by atoms with Gasteiger partial charge in [-0.2, -0.15) is 0 Å². The van der Waals surface area contributed by atoms with Crippen molar-refractivity contribution in [3.63, 3.8) is 0 Å². The molecular formula is C15H19NO4. The zero-order valence-electron chi connectivity index (χ0n) is 11.3. The van der Waals surface area contributed by atoms with Crippen molar-refractivity contribution in [3.8, 4) is 5.75 Å². The predicted octanol–water partition coefficient (Wildman–Crippen LogP) is 3.05. The lowest BCUT2D eigenvalue weighted by atomic mass is 9.89. The lowest BCUT2D eigenvalue weighted by Crippen LogP contribution is -2.32. The minimum atomic E-state index is -1.11. The first-order chi connectivity index (χ1) is 9.66. The normalized spacial score (nSPS) is 15.6. The van der Waals surface area contributed by atoms with Crippen LogP contribution in [-0.2, 0) is 0 Å². The van der Waals surface area contributed by atoms with Crippen LogP contribution >= 0.6 is 0 Å². The lowest BCUT2D eigenvalue weighted by molar-refractivity contribution is 0.0694. The number of para-hydroxylation sites is 1. The Hall–Kier alpha value is -2.04. The number of hydrogen-bond donors (Lipinski definition) is 2. The molecule has 1 aliphatic rings. The molecule has 2 N–H and O–H groups in total. The van der Waals surface area contributed by atoms with Gasteiger partial charge in [0.2, 0.25) is 0 Å². The number of rotatable bonds is 4. The third-order valence-corrected chi connectivity index (χ3v) is 3.58. The minimum Gasteiger partial charge on any atom is -0.478 e. The maximum atomic E-state index is 11.7. The van der Waals surface area contributed by atoms with E-state index in [1.807, 2.05) is 0 Å². The molecule has 5 nitrogen and oxygen atoms in total. The highest BCUT2D eigenvalue weighted by Gasteiger charge is 2.16. The molecule has 0 aliphatic heterocycles. The molecule has 0 bridgehead atoms. The highest BCUT2D eigenvalue weighted by molar-refractivity contribution is 5.91. The monoisotopic (exact) mass is 277 g/mol. The van der Waals surface area contributed by atoms with Gasteiger partial charge in [0.05, 0.1) is 0 Å². The van der Waals surface area contributed by atoms with Crippen LogP contribution in [0.5, 0.6) is 5.75 Å². The van der Waals surface area contributed by atoms with E-state index in [1.165, 1.54) is 31.4 Å². The van der Waals surface area contributed by atoms with Crippen LogP contribution in [0.2, 0.25) is 0 Å². The number of carbonyl (C=O) groups excluding carboxylic acids is 1. The second kappa shape index (κ2) is 6.93. The van der Waals surface area contributed by atoms with Crippen LogP contribution in [0.4, 0.5) is 4.79 Å². The molecule has 0 heterocycles. The lowest BCUT2D eigenvalue weighted by Gasteiger charge is -2.21. The molecular weight excluding hydrogens is 258 g/mol. The molecule has 1 saturated carbocycles. The molecule has 1 fully saturated rings. The third-order valence-electron chi connectivity index (χ3n) is 3.58. The van der Waals surface area contributed by atoms with E-state index in [0.717, 1.165) is 12.8 Å². The summed E-state index contributed by atoms with van der Waals surface area (Å²) in [5.41, 5.74) is -0.0136. The van der Waals surface area contributed by atoms with Crippen molar-refractivity contribution in [2.75, 3.05) is 6.54 Å². The zero-order chi connectivity index (χ0) is 14.4.